The number of rotatable bonds is 2. The average molecular weight is 188 g/mol. The third-order valence-corrected chi connectivity index (χ3v) is 2.54. The second-order valence-corrected chi connectivity index (χ2v) is 3.53. The minimum Gasteiger partial charge on any atom is -0.496 e. The van der Waals surface area contributed by atoms with Gasteiger partial charge >= 0.3 is 0 Å². The van der Waals surface area contributed by atoms with E-state index in [4.69, 9.17) is 11.2 Å². The van der Waals surface area contributed by atoms with Gasteiger partial charge in [0, 0.05) is 6.42 Å². The summed E-state index contributed by atoms with van der Waals surface area (Å²) in [6.07, 6.45) is 6.01. The average Bonchev–Trinajstić information content (AvgIpc) is 2.12. The van der Waals surface area contributed by atoms with Crippen molar-refractivity contribution in [3.63, 3.8) is 0 Å². The van der Waals surface area contributed by atoms with E-state index in [0.29, 0.717) is 6.42 Å². The Morgan fingerprint density at radius 3 is 2.43 bits per heavy atom. The molecule has 0 atom stereocenters. The molecule has 0 amide bonds. The summed E-state index contributed by atoms with van der Waals surface area (Å²) in [5.41, 5.74) is 4.81. The van der Waals surface area contributed by atoms with Crippen molar-refractivity contribution < 1.29 is 4.74 Å². The summed E-state index contributed by atoms with van der Waals surface area (Å²) in [4.78, 5) is 0. The van der Waals surface area contributed by atoms with Crippen LogP contribution in [0.3, 0.4) is 0 Å². The topological polar surface area (TPSA) is 9.23 Å². The van der Waals surface area contributed by atoms with Crippen LogP contribution < -0.4 is 4.74 Å². The van der Waals surface area contributed by atoms with Crippen LogP contribution in [-0.2, 0) is 6.42 Å². The SMILES string of the molecule is C#CCc1c(C)cc(C)c(OC)c1C. The first-order valence-corrected chi connectivity index (χ1v) is 4.69. The Hall–Kier alpha value is -1.42. The largest absolute Gasteiger partial charge is 0.496 e. The first kappa shape index (κ1) is 10.7. The van der Waals surface area contributed by atoms with Crippen molar-refractivity contribution in [2.45, 2.75) is 27.2 Å². The molecular weight excluding hydrogens is 172 g/mol. The van der Waals surface area contributed by atoms with Gasteiger partial charge in [0.2, 0.25) is 0 Å². The van der Waals surface area contributed by atoms with E-state index in [2.05, 4.69) is 32.8 Å². The van der Waals surface area contributed by atoms with E-state index in [1.807, 2.05) is 0 Å². The zero-order valence-corrected chi connectivity index (χ0v) is 9.27. The first-order valence-electron chi connectivity index (χ1n) is 4.69. The molecule has 0 aliphatic carbocycles. The number of aryl methyl sites for hydroxylation is 2. The van der Waals surface area contributed by atoms with E-state index in [-0.39, 0.29) is 0 Å². The quantitative estimate of drug-likeness (QED) is 0.648. The van der Waals surface area contributed by atoms with Crippen LogP contribution >= 0.6 is 0 Å². The van der Waals surface area contributed by atoms with Gasteiger partial charge in [-0.15, -0.1) is 12.3 Å². The molecule has 0 fully saturated rings. The van der Waals surface area contributed by atoms with Crippen LogP contribution in [0.4, 0.5) is 0 Å². The van der Waals surface area contributed by atoms with E-state index in [9.17, 15) is 0 Å². The molecule has 0 N–H and O–H groups in total. The van der Waals surface area contributed by atoms with Crippen LogP contribution in [0, 0.1) is 33.1 Å². The van der Waals surface area contributed by atoms with Crippen LogP contribution in [0.25, 0.3) is 0 Å². The highest BCUT2D eigenvalue weighted by Crippen LogP contribution is 2.28. The van der Waals surface area contributed by atoms with Gasteiger partial charge in [0.1, 0.15) is 5.75 Å². The van der Waals surface area contributed by atoms with Crippen molar-refractivity contribution in [1.29, 1.82) is 0 Å². The molecular formula is C13H16O. The predicted octanol–water partition coefficient (Wildman–Crippen LogP) is 2.80. The van der Waals surface area contributed by atoms with Crippen LogP contribution in [0.15, 0.2) is 6.07 Å². The second-order valence-electron chi connectivity index (χ2n) is 3.53. The summed E-state index contributed by atoms with van der Waals surface area (Å²) in [7, 11) is 1.70. The molecule has 1 aromatic rings. The number of terminal acetylenes is 1. The molecule has 0 radical (unpaired) electrons. The third kappa shape index (κ3) is 1.75. The molecule has 14 heavy (non-hydrogen) atoms. The lowest BCUT2D eigenvalue weighted by Gasteiger charge is -2.14. The Kier molecular flexibility index (Phi) is 3.19. The van der Waals surface area contributed by atoms with Crippen molar-refractivity contribution in [2.24, 2.45) is 0 Å². The normalized spacial score (nSPS) is 9.64. The zero-order valence-electron chi connectivity index (χ0n) is 9.27. The molecule has 1 rings (SSSR count). The molecule has 0 aliphatic rings. The minimum atomic E-state index is 0.675. The molecule has 0 unspecified atom stereocenters. The van der Waals surface area contributed by atoms with Gasteiger partial charge in [-0.3, -0.25) is 0 Å². The Morgan fingerprint density at radius 1 is 1.29 bits per heavy atom. The van der Waals surface area contributed by atoms with E-state index in [0.717, 1.165) is 5.75 Å². The Labute approximate surface area is 86.1 Å². The lowest BCUT2D eigenvalue weighted by atomic mass is 9.96. The van der Waals surface area contributed by atoms with Gasteiger partial charge < -0.3 is 4.74 Å². The number of ether oxygens (including phenoxy) is 1. The highest BCUT2D eigenvalue weighted by Gasteiger charge is 2.09. The molecule has 0 saturated heterocycles. The predicted molar refractivity (Wildman–Crippen MR) is 59.7 cm³/mol. The van der Waals surface area contributed by atoms with Gasteiger partial charge in [-0.2, -0.15) is 0 Å². The highest BCUT2D eigenvalue weighted by molar-refractivity contribution is 5.50. The van der Waals surface area contributed by atoms with Crippen LogP contribution in [0.2, 0.25) is 0 Å². The fourth-order valence-corrected chi connectivity index (χ4v) is 1.89. The molecule has 1 heteroatoms. The minimum absolute atomic E-state index is 0.675. The molecule has 0 heterocycles. The van der Waals surface area contributed by atoms with Gasteiger partial charge in [0.25, 0.3) is 0 Å². The van der Waals surface area contributed by atoms with E-state index in [1.165, 1.54) is 22.3 Å². The standard InChI is InChI=1S/C13H16O/c1-6-7-12-9(2)8-10(3)13(14-5)11(12)4/h1,8H,7H2,2-5H3. The van der Waals surface area contributed by atoms with Gasteiger partial charge in [0.05, 0.1) is 7.11 Å². The monoisotopic (exact) mass is 188 g/mol. The Morgan fingerprint density at radius 2 is 1.93 bits per heavy atom. The zero-order chi connectivity index (χ0) is 10.7. The van der Waals surface area contributed by atoms with Crippen molar-refractivity contribution in [3.8, 4) is 18.1 Å². The van der Waals surface area contributed by atoms with Crippen molar-refractivity contribution in [2.75, 3.05) is 7.11 Å². The van der Waals surface area contributed by atoms with Crippen molar-refractivity contribution in [1.82, 2.24) is 0 Å². The summed E-state index contributed by atoms with van der Waals surface area (Å²) < 4.78 is 5.35. The summed E-state index contributed by atoms with van der Waals surface area (Å²) in [5.74, 6) is 3.64. The summed E-state index contributed by atoms with van der Waals surface area (Å²) in [6, 6.07) is 2.12. The van der Waals surface area contributed by atoms with Crippen molar-refractivity contribution in [3.05, 3.63) is 28.3 Å². The number of methoxy groups -OCH3 is 1. The Balaban J connectivity index is 3.37. The molecule has 1 aromatic carbocycles. The first-order chi connectivity index (χ1) is 6.61. The third-order valence-electron chi connectivity index (χ3n) is 2.54. The summed E-state index contributed by atoms with van der Waals surface area (Å²) in [6.45, 7) is 6.20. The van der Waals surface area contributed by atoms with Crippen LogP contribution in [-0.4, -0.2) is 7.11 Å². The van der Waals surface area contributed by atoms with E-state index in [1.54, 1.807) is 7.11 Å². The maximum absolute atomic E-state index is 5.35. The molecule has 74 valence electrons. The fourth-order valence-electron chi connectivity index (χ4n) is 1.89. The molecule has 0 bridgehead atoms. The number of benzene rings is 1. The van der Waals surface area contributed by atoms with Gasteiger partial charge in [-0.05, 0) is 43.0 Å². The highest BCUT2D eigenvalue weighted by atomic mass is 16.5. The van der Waals surface area contributed by atoms with Gasteiger partial charge in [-0.1, -0.05) is 6.07 Å². The number of hydrogen-bond donors (Lipinski definition) is 0. The molecule has 1 nitrogen and oxygen atoms in total. The summed E-state index contributed by atoms with van der Waals surface area (Å²) >= 11 is 0. The lowest BCUT2D eigenvalue weighted by Crippen LogP contribution is -1.99. The molecule has 0 aliphatic heterocycles. The maximum Gasteiger partial charge on any atom is 0.124 e. The molecule has 0 aromatic heterocycles. The fraction of sp³-hybridized carbons (Fsp3) is 0.385. The second kappa shape index (κ2) is 4.19. The summed E-state index contributed by atoms with van der Waals surface area (Å²) in [5, 5.41) is 0. The molecule has 0 saturated carbocycles. The molecule has 0 spiro atoms. The smallest absolute Gasteiger partial charge is 0.124 e. The van der Waals surface area contributed by atoms with Crippen molar-refractivity contribution >= 4 is 0 Å². The maximum atomic E-state index is 5.35. The lowest BCUT2D eigenvalue weighted by molar-refractivity contribution is 0.408. The van der Waals surface area contributed by atoms with Gasteiger partial charge in [-0.25, -0.2) is 0 Å². The number of hydrogen-bond acceptors (Lipinski definition) is 1. The van der Waals surface area contributed by atoms with Crippen LogP contribution in [0.5, 0.6) is 5.75 Å². The van der Waals surface area contributed by atoms with Gasteiger partial charge in [0.15, 0.2) is 0 Å². The Bertz CT molecular complexity index is 383. The van der Waals surface area contributed by atoms with E-state index >= 15 is 0 Å². The van der Waals surface area contributed by atoms with E-state index < -0.39 is 0 Å². The van der Waals surface area contributed by atoms with Crippen LogP contribution in [0.1, 0.15) is 22.3 Å².